The quantitative estimate of drug-likeness (QED) is 0.644. The molecule has 0 saturated heterocycles. The number of hydrogen-bond acceptors (Lipinski definition) is 3. The molecule has 4 nitrogen and oxygen atoms in total. The van der Waals surface area contributed by atoms with Crippen molar-refractivity contribution in [2.24, 2.45) is 0 Å². The Morgan fingerprint density at radius 1 is 0.957 bits per heavy atom. The van der Waals surface area contributed by atoms with Crippen molar-refractivity contribution in [1.29, 1.82) is 0 Å². The zero-order chi connectivity index (χ0) is 16.6. The number of nitrogen functional groups attached to an aromatic ring is 1. The highest BCUT2D eigenvalue weighted by atomic mass is 35.5. The number of aromatic nitrogens is 3. The zero-order valence-electron chi connectivity index (χ0n) is 11.6. The number of H-pyrrole nitrogens is 1. The fourth-order valence-electron chi connectivity index (χ4n) is 2.26. The summed E-state index contributed by atoms with van der Waals surface area (Å²) in [5.74, 6) is 0.827. The van der Waals surface area contributed by atoms with Gasteiger partial charge < -0.3 is 5.73 Å². The Morgan fingerprint density at radius 3 is 2.22 bits per heavy atom. The molecule has 0 saturated carbocycles. The van der Waals surface area contributed by atoms with Gasteiger partial charge in [-0.1, -0.05) is 52.5 Å². The van der Waals surface area contributed by atoms with E-state index in [1.165, 1.54) is 0 Å². The predicted molar refractivity (Wildman–Crippen MR) is 95.5 cm³/mol. The molecule has 0 atom stereocenters. The molecule has 2 aromatic carbocycles. The molecular formula is C15H10Cl4N4. The van der Waals surface area contributed by atoms with Crippen LogP contribution in [0.1, 0.15) is 11.4 Å². The van der Waals surface area contributed by atoms with Crippen LogP contribution in [0.3, 0.4) is 0 Å². The van der Waals surface area contributed by atoms with E-state index in [9.17, 15) is 0 Å². The second kappa shape index (κ2) is 6.57. The van der Waals surface area contributed by atoms with E-state index in [1.807, 2.05) is 12.1 Å². The van der Waals surface area contributed by atoms with Crippen molar-refractivity contribution in [3.8, 4) is 11.1 Å². The monoisotopic (exact) mass is 386 g/mol. The molecule has 0 aliphatic heterocycles. The van der Waals surface area contributed by atoms with Gasteiger partial charge in [-0.15, -0.1) is 5.10 Å². The molecule has 0 unspecified atom stereocenters. The van der Waals surface area contributed by atoms with Crippen molar-refractivity contribution in [3.63, 3.8) is 0 Å². The van der Waals surface area contributed by atoms with E-state index in [4.69, 9.17) is 52.1 Å². The lowest BCUT2D eigenvalue weighted by Gasteiger charge is -2.11. The molecule has 1 heterocycles. The van der Waals surface area contributed by atoms with E-state index in [-0.39, 0.29) is 5.95 Å². The molecule has 3 aromatic rings. The van der Waals surface area contributed by atoms with Crippen molar-refractivity contribution in [3.05, 3.63) is 61.8 Å². The number of benzene rings is 2. The number of halogens is 4. The molecule has 1 aromatic heterocycles. The van der Waals surface area contributed by atoms with Crippen LogP contribution in [0.25, 0.3) is 11.1 Å². The largest absolute Gasteiger partial charge is 0.367 e. The van der Waals surface area contributed by atoms with Gasteiger partial charge in [0.05, 0.1) is 10.0 Å². The van der Waals surface area contributed by atoms with Gasteiger partial charge in [-0.25, -0.2) is 0 Å². The molecule has 0 aliphatic rings. The number of anilines is 1. The summed E-state index contributed by atoms with van der Waals surface area (Å²) < 4.78 is 0. The Kier molecular flexibility index (Phi) is 4.69. The highest BCUT2D eigenvalue weighted by Gasteiger charge is 2.14. The molecule has 8 heteroatoms. The third-order valence-electron chi connectivity index (χ3n) is 3.22. The summed E-state index contributed by atoms with van der Waals surface area (Å²) in [5.41, 5.74) is 7.76. The molecule has 0 fully saturated rings. The highest BCUT2D eigenvalue weighted by Crippen LogP contribution is 2.40. The lowest BCUT2D eigenvalue weighted by Crippen LogP contribution is -1.94. The Hall–Kier alpha value is -1.46. The average Bonchev–Trinajstić information content (AvgIpc) is 2.85. The van der Waals surface area contributed by atoms with Crippen molar-refractivity contribution < 1.29 is 0 Å². The van der Waals surface area contributed by atoms with Crippen LogP contribution in [0.15, 0.2) is 30.3 Å². The molecule has 118 valence electrons. The first-order valence-electron chi connectivity index (χ1n) is 6.54. The number of nitrogens with two attached hydrogens (primary N) is 1. The number of nitrogens with one attached hydrogen (secondary N) is 1. The van der Waals surface area contributed by atoms with Crippen LogP contribution in [0.5, 0.6) is 0 Å². The third-order valence-corrected chi connectivity index (χ3v) is 4.37. The van der Waals surface area contributed by atoms with Gasteiger partial charge in [-0.2, -0.15) is 4.98 Å². The molecule has 23 heavy (non-hydrogen) atoms. The van der Waals surface area contributed by atoms with E-state index in [2.05, 4.69) is 15.2 Å². The summed E-state index contributed by atoms with van der Waals surface area (Å²) in [4.78, 5) is 4.06. The summed E-state index contributed by atoms with van der Waals surface area (Å²) in [6.45, 7) is 0. The molecule has 0 bridgehead atoms. The second-order valence-electron chi connectivity index (χ2n) is 4.88. The molecule has 0 aliphatic carbocycles. The van der Waals surface area contributed by atoms with Crippen LogP contribution in [0, 0.1) is 0 Å². The van der Waals surface area contributed by atoms with Crippen molar-refractivity contribution in [1.82, 2.24) is 15.2 Å². The topological polar surface area (TPSA) is 67.6 Å². The molecular weight excluding hydrogens is 378 g/mol. The highest BCUT2D eigenvalue weighted by molar-refractivity contribution is 6.41. The standard InChI is InChI=1S/C15H10Cl4N4/c16-8-1-2-9(10(17)6-8)14-11(18)3-7(4-12(14)19)5-13-21-15(20)23-22-13/h1-4,6H,5H2,(H3,20,21,22,23). The molecule has 0 amide bonds. The van der Waals surface area contributed by atoms with Gasteiger partial charge >= 0.3 is 0 Å². The Balaban J connectivity index is 2.00. The first-order valence-corrected chi connectivity index (χ1v) is 8.05. The Labute approximate surface area is 152 Å². The van der Waals surface area contributed by atoms with Gasteiger partial charge in [0.1, 0.15) is 5.82 Å². The summed E-state index contributed by atoms with van der Waals surface area (Å²) >= 11 is 25.0. The SMILES string of the molecule is Nc1n[nH]c(Cc2cc(Cl)c(-c3ccc(Cl)cc3Cl)c(Cl)c2)n1. The molecule has 0 radical (unpaired) electrons. The number of hydrogen-bond donors (Lipinski definition) is 2. The minimum absolute atomic E-state index is 0.196. The fraction of sp³-hybridized carbons (Fsp3) is 0.0667. The van der Waals surface area contributed by atoms with Crippen LogP contribution in [0.4, 0.5) is 5.95 Å². The van der Waals surface area contributed by atoms with Gasteiger partial charge in [0, 0.05) is 27.6 Å². The van der Waals surface area contributed by atoms with Crippen LogP contribution >= 0.6 is 46.4 Å². The smallest absolute Gasteiger partial charge is 0.239 e. The van der Waals surface area contributed by atoms with Gasteiger partial charge in [0.25, 0.3) is 0 Å². The van der Waals surface area contributed by atoms with Gasteiger partial charge in [-0.3, -0.25) is 5.10 Å². The van der Waals surface area contributed by atoms with Crippen molar-refractivity contribution in [2.75, 3.05) is 5.73 Å². The maximum Gasteiger partial charge on any atom is 0.239 e. The van der Waals surface area contributed by atoms with Crippen LogP contribution in [-0.2, 0) is 6.42 Å². The van der Waals surface area contributed by atoms with Crippen molar-refractivity contribution >= 4 is 52.4 Å². The summed E-state index contributed by atoms with van der Waals surface area (Å²) in [7, 11) is 0. The number of nitrogens with zero attached hydrogens (tertiary/aromatic N) is 2. The van der Waals surface area contributed by atoms with E-state index in [0.29, 0.717) is 37.9 Å². The lowest BCUT2D eigenvalue weighted by molar-refractivity contribution is 0.973. The predicted octanol–water partition coefficient (Wildman–Crippen LogP) is 5.26. The first kappa shape index (κ1) is 16.4. The Morgan fingerprint density at radius 2 is 1.65 bits per heavy atom. The zero-order valence-corrected chi connectivity index (χ0v) is 14.6. The second-order valence-corrected chi connectivity index (χ2v) is 6.53. The van der Waals surface area contributed by atoms with Gasteiger partial charge in [0.15, 0.2) is 0 Å². The van der Waals surface area contributed by atoms with Crippen LogP contribution in [0.2, 0.25) is 20.1 Å². The van der Waals surface area contributed by atoms with E-state index < -0.39 is 0 Å². The summed E-state index contributed by atoms with van der Waals surface area (Å²) in [6.07, 6.45) is 0.484. The summed E-state index contributed by atoms with van der Waals surface area (Å²) in [5, 5.41) is 8.54. The number of aromatic amines is 1. The van der Waals surface area contributed by atoms with Crippen LogP contribution in [-0.4, -0.2) is 15.2 Å². The Bertz CT molecular complexity index is 853. The van der Waals surface area contributed by atoms with Gasteiger partial charge in [-0.05, 0) is 29.8 Å². The maximum absolute atomic E-state index is 6.41. The first-order chi connectivity index (χ1) is 10.9. The van der Waals surface area contributed by atoms with E-state index >= 15 is 0 Å². The minimum Gasteiger partial charge on any atom is -0.367 e. The van der Waals surface area contributed by atoms with Gasteiger partial charge in [0.2, 0.25) is 5.95 Å². The normalized spacial score (nSPS) is 11.0. The molecule has 3 N–H and O–H groups in total. The third kappa shape index (κ3) is 3.56. The van der Waals surface area contributed by atoms with Crippen molar-refractivity contribution in [2.45, 2.75) is 6.42 Å². The van der Waals surface area contributed by atoms with E-state index in [1.54, 1.807) is 18.2 Å². The summed E-state index contributed by atoms with van der Waals surface area (Å²) in [6, 6.07) is 8.80. The van der Waals surface area contributed by atoms with Crippen LogP contribution < -0.4 is 5.73 Å². The van der Waals surface area contributed by atoms with E-state index in [0.717, 1.165) is 11.1 Å². The maximum atomic E-state index is 6.41. The number of rotatable bonds is 3. The average molecular weight is 388 g/mol. The molecule has 0 spiro atoms. The fourth-order valence-corrected chi connectivity index (χ4v) is 3.50. The molecule has 3 rings (SSSR count). The lowest BCUT2D eigenvalue weighted by atomic mass is 10.0. The minimum atomic E-state index is 0.196.